The van der Waals surface area contributed by atoms with Crippen LogP contribution in [-0.4, -0.2) is 26.1 Å². The summed E-state index contributed by atoms with van der Waals surface area (Å²) in [7, 11) is 1.31. The van der Waals surface area contributed by atoms with Crippen LogP contribution >= 0.6 is 15.9 Å². The molecule has 0 N–H and O–H groups in total. The van der Waals surface area contributed by atoms with E-state index in [2.05, 4.69) is 20.7 Å². The van der Waals surface area contributed by atoms with Gasteiger partial charge in [0.1, 0.15) is 5.75 Å². The number of carbonyl (C=O) groups excluding carboxylic acids is 1. The Labute approximate surface area is 158 Å². The monoisotopic (exact) mass is 426 g/mol. The molecule has 26 heavy (non-hydrogen) atoms. The minimum absolute atomic E-state index is 0.0574. The molecule has 138 valence electrons. The molecule has 4 nitrogen and oxygen atoms in total. The van der Waals surface area contributed by atoms with Gasteiger partial charge in [0.05, 0.1) is 13.7 Å². The molecule has 0 aliphatic heterocycles. The van der Waals surface area contributed by atoms with Gasteiger partial charge in [-0.25, -0.2) is 0 Å². The minimum Gasteiger partial charge on any atom is -0.493 e. The maximum atomic E-state index is 12.4. The van der Waals surface area contributed by atoms with Crippen molar-refractivity contribution in [3.8, 4) is 17.2 Å². The lowest BCUT2D eigenvalue weighted by molar-refractivity contribution is -0.0512. The number of carbonyl (C=O) groups is 1. The van der Waals surface area contributed by atoms with Crippen molar-refractivity contribution in [2.75, 3.05) is 13.7 Å². The molecular formula is C19H17BrF2O4. The van der Waals surface area contributed by atoms with Crippen molar-refractivity contribution in [2.24, 2.45) is 0 Å². The zero-order valence-corrected chi connectivity index (χ0v) is 15.8. The van der Waals surface area contributed by atoms with Crippen LogP contribution in [0.5, 0.6) is 17.2 Å². The Morgan fingerprint density at radius 1 is 1.15 bits per heavy atom. The van der Waals surface area contributed by atoms with Crippen molar-refractivity contribution in [3.63, 3.8) is 0 Å². The highest BCUT2D eigenvalue weighted by atomic mass is 79.9. The molecule has 0 fully saturated rings. The molecule has 0 unspecified atom stereocenters. The average molecular weight is 427 g/mol. The molecule has 0 saturated heterocycles. The van der Waals surface area contributed by atoms with Gasteiger partial charge in [0, 0.05) is 15.6 Å². The maximum Gasteiger partial charge on any atom is 0.387 e. The van der Waals surface area contributed by atoms with E-state index < -0.39 is 6.61 Å². The summed E-state index contributed by atoms with van der Waals surface area (Å²) in [5.41, 5.74) is 1.02. The molecule has 0 bridgehead atoms. The summed E-state index contributed by atoms with van der Waals surface area (Å²) >= 11 is 3.38. The van der Waals surface area contributed by atoms with E-state index in [9.17, 15) is 13.6 Å². The summed E-state index contributed by atoms with van der Waals surface area (Å²) in [6, 6.07) is 9.51. The van der Waals surface area contributed by atoms with E-state index in [1.807, 2.05) is 19.1 Å². The summed E-state index contributed by atoms with van der Waals surface area (Å²) in [5.74, 6) is 0.267. The van der Waals surface area contributed by atoms with E-state index in [1.54, 1.807) is 12.1 Å². The van der Waals surface area contributed by atoms with Gasteiger partial charge < -0.3 is 14.2 Å². The van der Waals surface area contributed by atoms with Crippen molar-refractivity contribution in [3.05, 3.63) is 58.1 Å². The molecule has 0 heterocycles. The van der Waals surface area contributed by atoms with Gasteiger partial charge in [-0.3, -0.25) is 4.79 Å². The van der Waals surface area contributed by atoms with Gasteiger partial charge in [0.25, 0.3) is 0 Å². The molecular weight excluding hydrogens is 410 g/mol. The number of halogens is 3. The van der Waals surface area contributed by atoms with Gasteiger partial charge >= 0.3 is 6.61 Å². The number of ketones is 1. The Bertz CT molecular complexity index is 806. The number of methoxy groups -OCH3 is 1. The molecule has 0 aliphatic rings. The van der Waals surface area contributed by atoms with Gasteiger partial charge in [-0.05, 0) is 55.5 Å². The quantitative estimate of drug-likeness (QED) is 0.421. The van der Waals surface area contributed by atoms with Crippen LogP contribution in [0.1, 0.15) is 22.8 Å². The second kappa shape index (κ2) is 9.33. The van der Waals surface area contributed by atoms with Crippen molar-refractivity contribution in [2.45, 2.75) is 13.5 Å². The lowest BCUT2D eigenvalue weighted by atomic mass is 10.1. The molecule has 0 aromatic heterocycles. The molecule has 0 atom stereocenters. The highest BCUT2D eigenvalue weighted by Crippen LogP contribution is 2.30. The SMILES string of the molecule is CCOc1ccc(Br)cc1/C=C/C(=O)c1ccc(OC(F)F)c(OC)c1. The number of alkyl halides is 2. The van der Waals surface area contributed by atoms with Crippen molar-refractivity contribution in [1.82, 2.24) is 0 Å². The lowest BCUT2D eigenvalue weighted by Crippen LogP contribution is -2.04. The maximum absolute atomic E-state index is 12.4. The lowest BCUT2D eigenvalue weighted by Gasteiger charge is -2.10. The fraction of sp³-hybridized carbons (Fsp3) is 0.211. The summed E-state index contributed by atoms with van der Waals surface area (Å²) in [6.07, 6.45) is 3.01. The van der Waals surface area contributed by atoms with E-state index >= 15 is 0 Å². The second-order valence-electron chi connectivity index (χ2n) is 5.06. The standard InChI is InChI=1S/C19H17BrF2O4/c1-3-25-16-9-6-14(20)10-13(16)4-7-15(23)12-5-8-17(26-19(21)22)18(11-12)24-2/h4-11,19H,3H2,1-2H3/b7-4+. The van der Waals surface area contributed by atoms with E-state index in [0.717, 1.165) is 10.0 Å². The zero-order chi connectivity index (χ0) is 19.1. The fourth-order valence-corrected chi connectivity index (χ4v) is 2.59. The molecule has 2 aromatic carbocycles. The number of rotatable bonds is 8. The van der Waals surface area contributed by atoms with Gasteiger partial charge in [0.2, 0.25) is 0 Å². The van der Waals surface area contributed by atoms with Gasteiger partial charge in [-0.1, -0.05) is 15.9 Å². The third-order valence-corrected chi connectivity index (χ3v) is 3.84. The minimum atomic E-state index is -2.97. The van der Waals surface area contributed by atoms with Crippen LogP contribution in [0, 0.1) is 0 Å². The van der Waals surface area contributed by atoms with E-state index in [1.165, 1.54) is 31.4 Å². The van der Waals surface area contributed by atoms with Crippen molar-refractivity contribution < 1.29 is 27.8 Å². The molecule has 0 radical (unpaired) electrons. The third-order valence-electron chi connectivity index (χ3n) is 3.35. The van der Waals surface area contributed by atoms with E-state index in [-0.39, 0.29) is 22.8 Å². The number of hydrogen-bond donors (Lipinski definition) is 0. The van der Waals surface area contributed by atoms with Crippen molar-refractivity contribution in [1.29, 1.82) is 0 Å². The van der Waals surface area contributed by atoms with Crippen LogP contribution in [0.15, 0.2) is 46.9 Å². The van der Waals surface area contributed by atoms with E-state index in [0.29, 0.717) is 12.4 Å². The Kier molecular flexibility index (Phi) is 7.15. The van der Waals surface area contributed by atoms with Crippen LogP contribution in [0.3, 0.4) is 0 Å². The first-order chi connectivity index (χ1) is 12.4. The van der Waals surface area contributed by atoms with Crippen molar-refractivity contribution >= 4 is 27.8 Å². The first-order valence-corrected chi connectivity index (χ1v) is 8.51. The Balaban J connectivity index is 2.24. The van der Waals surface area contributed by atoms with Gasteiger partial charge in [-0.2, -0.15) is 8.78 Å². The summed E-state index contributed by atoms with van der Waals surface area (Å²) in [5, 5.41) is 0. The molecule has 0 aliphatic carbocycles. The summed E-state index contributed by atoms with van der Waals surface area (Å²) < 4.78 is 40.5. The van der Waals surface area contributed by atoms with Gasteiger partial charge in [-0.15, -0.1) is 0 Å². The average Bonchev–Trinajstić information content (AvgIpc) is 2.61. The number of benzene rings is 2. The predicted molar refractivity (Wildman–Crippen MR) is 98.3 cm³/mol. The molecule has 2 rings (SSSR count). The van der Waals surface area contributed by atoms with Gasteiger partial charge in [0.15, 0.2) is 17.3 Å². The first kappa shape index (κ1) is 19.9. The molecule has 0 spiro atoms. The highest BCUT2D eigenvalue weighted by molar-refractivity contribution is 9.10. The Hall–Kier alpha value is -2.41. The topological polar surface area (TPSA) is 44.8 Å². The molecule has 7 heteroatoms. The predicted octanol–water partition coefficient (Wildman–Crippen LogP) is 5.35. The Morgan fingerprint density at radius 3 is 2.54 bits per heavy atom. The number of allylic oxidation sites excluding steroid dienone is 1. The largest absolute Gasteiger partial charge is 0.493 e. The van der Waals surface area contributed by atoms with Crippen LogP contribution in [-0.2, 0) is 0 Å². The highest BCUT2D eigenvalue weighted by Gasteiger charge is 2.13. The van der Waals surface area contributed by atoms with Crippen LogP contribution in [0.4, 0.5) is 8.78 Å². The summed E-state index contributed by atoms with van der Waals surface area (Å²) in [4.78, 5) is 12.4. The normalized spacial score (nSPS) is 11.0. The third kappa shape index (κ3) is 5.29. The first-order valence-electron chi connectivity index (χ1n) is 7.72. The van der Waals surface area contributed by atoms with E-state index in [4.69, 9.17) is 9.47 Å². The second-order valence-corrected chi connectivity index (χ2v) is 5.97. The molecule has 0 saturated carbocycles. The fourth-order valence-electron chi connectivity index (χ4n) is 2.21. The molecule has 0 amide bonds. The smallest absolute Gasteiger partial charge is 0.387 e. The Morgan fingerprint density at radius 2 is 1.88 bits per heavy atom. The van der Waals surface area contributed by atoms with Crippen LogP contribution < -0.4 is 14.2 Å². The number of ether oxygens (including phenoxy) is 3. The zero-order valence-electron chi connectivity index (χ0n) is 14.2. The molecule has 2 aromatic rings. The van der Waals surface area contributed by atoms with Crippen LogP contribution in [0.25, 0.3) is 6.08 Å². The van der Waals surface area contributed by atoms with Crippen LogP contribution in [0.2, 0.25) is 0 Å². The summed E-state index contributed by atoms with van der Waals surface area (Å²) in [6.45, 7) is -0.603. The number of hydrogen-bond acceptors (Lipinski definition) is 4.